The van der Waals surface area contributed by atoms with Crippen molar-refractivity contribution in [2.24, 2.45) is 0 Å². The number of aromatic nitrogens is 2. The second-order valence-corrected chi connectivity index (χ2v) is 4.47. The van der Waals surface area contributed by atoms with Crippen molar-refractivity contribution in [3.05, 3.63) is 54.1 Å². The van der Waals surface area contributed by atoms with Gasteiger partial charge < -0.3 is 4.98 Å². The lowest BCUT2D eigenvalue weighted by Gasteiger charge is -1.94. The fraction of sp³-hybridized carbons (Fsp3) is 0.0667. The zero-order valence-electron chi connectivity index (χ0n) is 9.57. The molecule has 2 nitrogen and oxygen atoms in total. The number of rotatable bonds is 0. The molecule has 4 rings (SSSR count). The largest absolute Gasteiger partial charge is 0.339 e. The molecule has 0 radical (unpaired) electrons. The van der Waals surface area contributed by atoms with Crippen LogP contribution in [-0.2, 0) is 0 Å². The Balaban J connectivity index is 2.41. The molecule has 0 unspecified atom stereocenters. The number of nitrogens with one attached hydrogen (secondary N) is 1. The first-order valence-corrected chi connectivity index (χ1v) is 5.83. The molecular formula is C15H12N2. The minimum Gasteiger partial charge on any atom is -0.339 e. The number of H-pyrrole nitrogens is 1. The third kappa shape index (κ3) is 0.998. The Hall–Kier alpha value is -2.22. The number of para-hydroxylation sites is 3. The number of imidazole rings is 1. The Kier molecular flexibility index (Phi) is 1.52. The Bertz CT molecular complexity index is 849. The SMILES string of the molecule is Cc1c2ccccc2n2c1[nH]c1ccccc12. The normalized spacial score (nSPS) is 11.8. The molecule has 0 amide bonds. The fourth-order valence-corrected chi connectivity index (χ4v) is 2.70. The zero-order chi connectivity index (χ0) is 11.4. The first-order chi connectivity index (χ1) is 8.36. The fourth-order valence-electron chi connectivity index (χ4n) is 2.70. The van der Waals surface area contributed by atoms with Crippen LogP contribution in [0.4, 0.5) is 0 Å². The van der Waals surface area contributed by atoms with E-state index in [-0.39, 0.29) is 0 Å². The number of hydrogen-bond acceptors (Lipinski definition) is 0. The summed E-state index contributed by atoms with van der Waals surface area (Å²) in [5, 5.41) is 1.32. The van der Waals surface area contributed by atoms with E-state index in [4.69, 9.17) is 0 Å². The van der Waals surface area contributed by atoms with Crippen LogP contribution in [0, 0.1) is 6.92 Å². The van der Waals surface area contributed by atoms with Gasteiger partial charge in [0.1, 0.15) is 5.65 Å². The summed E-state index contributed by atoms with van der Waals surface area (Å²) in [5.41, 5.74) is 6.23. The Morgan fingerprint density at radius 3 is 2.47 bits per heavy atom. The van der Waals surface area contributed by atoms with E-state index >= 15 is 0 Å². The standard InChI is InChI=1S/C15H12N2/c1-10-11-6-2-4-8-13(11)17-14-9-5-3-7-12(14)16-15(10)17/h2-9,16H,1H3. The van der Waals surface area contributed by atoms with E-state index in [0.717, 1.165) is 0 Å². The van der Waals surface area contributed by atoms with Crippen LogP contribution in [0.1, 0.15) is 5.56 Å². The molecule has 0 aliphatic carbocycles. The van der Waals surface area contributed by atoms with Crippen molar-refractivity contribution in [1.82, 2.24) is 9.38 Å². The van der Waals surface area contributed by atoms with Crippen LogP contribution >= 0.6 is 0 Å². The highest BCUT2D eigenvalue weighted by Crippen LogP contribution is 2.29. The van der Waals surface area contributed by atoms with Gasteiger partial charge in [-0.3, -0.25) is 4.40 Å². The lowest BCUT2D eigenvalue weighted by Crippen LogP contribution is -1.78. The molecule has 0 aliphatic rings. The average Bonchev–Trinajstić information content (AvgIpc) is 2.88. The monoisotopic (exact) mass is 220 g/mol. The molecule has 2 aromatic heterocycles. The quantitative estimate of drug-likeness (QED) is 0.464. The predicted octanol–water partition coefficient (Wildman–Crippen LogP) is 3.88. The highest BCUT2D eigenvalue weighted by Gasteiger charge is 2.11. The van der Waals surface area contributed by atoms with Crippen LogP contribution in [0.15, 0.2) is 48.5 Å². The van der Waals surface area contributed by atoms with E-state index in [2.05, 4.69) is 64.8 Å². The molecule has 17 heavy (non-hydrogen) atoms. The first-order valence-electron chi connectivity index (χ1n) is 5.83. The van der Waals surface area contributed by atoms with Crippen molar-refractivity contribution in [3.8, 4) is 0 Å². The molecule has 0 atom stereocenters. The van der Waals surface area contributed by atoms with Crippen LogP contribution in [0.2, 0.25) is 0 Å². The molecule has 4 aromatic rings. The molecule has 0 saturated heterocycles. The smallest absolute Gasteiger partial charge is 0.119 e. The predicted molar refractivity (Wildman–Crippen MR) is 71.5 cm³/mol. The maximum atomic E-state index is 3.50. The van der Waals surface area contributed by atoms with Crippen molar-refractivity contribution < 1.29 is 0 Å². The summed E-state index contributed by atoms with van der Waals surface area (Å²) in [4.78, 5) is 3.50. The number of fused-ring (bicyclic) bond motifs is 5. The minimum absolute atomic E-state index is 1.19. The molecule has 0 bridgehead atoms. The Labute approximate surface area is 98.5 Å². The third-order valence-corrected chi connectivity index (χ3v) is 3.53. The highest BCUT2D eigenvalue weighted by molar-refractivity contribution is 5.97. The molecule has 2 aromatic carbocycles. The summed E-state index contributed by atoms with van der Waals surface area (Å²) < 4.78 is 2.31. The summed E-state index contributed by atoms with van der Waals surface area (Å²) in [6.07, 6.45) is 0. The summed E-state index contributed by atoms with van der Waals surface area (Å²) in [5.74, 6) is 0. The Morgan fingerprint density at radius 2 is 1.59 bits per heavy atom. The zero-order valence-corrected chi connectivity index (χ0v) is 9.57. The topological polar surface area (TPSA) is 20.2 Å². The number of hydrogen-bond donors (Lipinski definition) is 1. The minimum atomic E-state index is 1.19. The van der Waals surface area contributed by atoms with Crippen LogP contribution in [-0.4, -0.2) is 9.38 Å². The van der Waals surface area contributed by atoms with Crippen LogP contribution < -0.4 is 0 Å². The second-order valence-electron chi connectivity index (χ2n) is 4.47. The van der Waals surface area contributed by atoms with Gasteiger partial charge in [-0.05, 0) is 30.7 Å². The second kappa shape index (κ2) is 2.92. The van der Waals surface area contributed by atoms with Crippen LogP contribution in [0.5, 0.6) is 0 Å². The van der Waals surface area contributed by atoms with Gasteiger partial charge in [0, 0.05) is 5.39 Å². The summed E-state index contributed by atoms with van der Waals surface area (Å²) in [7, 11) is 0. The van der Waals surface area contributed by atoms with Gasteiger partial charge in [0.2, 0.25) is 0 Å². The summed E-state index contributed by atoms with van der Waals surface area (Å²) in [6.45, 7) is 2.17. The molecule has 2 heterocycles. The lowest BCUT2D eigenvalue weighted by molar-refractivity contribution is 1.31. The van der Waals surface area contributed by atoms with Crippen molar-refractivity contribution in [3.63, 3.8) is 0 Å². The molecule has 0 saturated carbocycles. The van der Waals surface area contributed by atoms with E-state index in [1.54, 1.807) is 0 Å². The van der Waals surface area contributed by atoms with Crippen molar-refractivity contribution in [1.29, 1.82) is 0 Å². The van der Waals surface area contributed by atoms with E-state index < -0.39 is 0 Å². The van der Waals surface area contributed by atoms with Crippen LogP contribution in [0.25, 0.3) is 27.6 Å². The van der Waals surface area contributed by atoms with Gasteiger partial charge in [-0.25, -0.2) is 0 Å². The first kappa shape index (κ1) is 8.88. The molecule has 82 valence electrons. The highest BCUT2D eigenvalue weighted by atomic mass is 15.0. The summed E-state index contributed by atoms with van der Waals surface area (Å²) in [6, 6.07) is 17.0. The maximum Gasteiger partial charge on any atom is 0.119 e. The lowest BCUT2D eigenvalue weighted by atomic mass is 10.2. The molecular weight excluding hydrogens is 208 g/mol. The van der Waals surface area contributed by atoms with E-state index in [9.17, 15) is 0 Å². The van der Waals surface area contributed by atoms with Gasteiger partial charge in [0.15, 0.2) is 0 Å². The van der Waals surface area contributed by atoms with Gasteiger partial charge >= 0.3 is 0 Å². The molecule has 1 N–H and O–H groups in total. The third-order valence-electron chi connectivity index (χ3n) is 3.53. The summed E-state index contributed by atoms with van der Waals surface area (Å²) >= 11 is 0. The number of benzene rings is 2. The van der Waals surface area contributed by atoms with E-state index in [1.807, 2.05) is 0 Å². The van der Waals surface area contributed by atoms with Gasteiger partial charge in [-0.1, -0.05) is 30.3 Å². The number of aryl methyl sites for hydroxylation is 1. The van der Waals surface area contributed by atoms with Crippen molar-refractivity contribution in [2.75, 3.05) is 0 Å². The maximum absolute atomic E-state index is 3.50. The Morgan fingerprint density at radius 1 is 0.882 bits per heavy atom. The van der Waals surface area contributed by atoms with Gasteiger partial charge in [0.05, 0.1) is 16.6 Å². The van der Waals surface area contributed by atoms with Crippen molar-refractivity contribution >= 4 is 27.6 Å². The number of nitrogens with zero attached hydrogens (tertiary/aromatic N) is 1. The average molecular weight is 220 g/mol. The molecule has 0 aliphatic heterocycles. The van der Waals surface area contributed by atoms with Gasteiger partial charge in [-0.2, -0.15) is 0 Å². The molecule has 2 heteroatoms. The molecule has 0 fully saturated rings. The number of aromatic amines is 1. The van der Waals surface area contributed by atoms with Gasteiger partial charge in [-0.15, -0.1) is 0 Å². The molecule has 0 spiro atoms. The van der Waals surface area contributed by atoms with Crippen LogP contribution in [0.3, 0.4) is 0 Å². The van der Waals surface area contributed by atoms with E-state index in [0.29, 0.717) is 0 Å². The van der Waals surface area contributed by atoms with Crippen molar-refractivity contribution in [2.45, 2.75) is 6.92 Å². The van der Waals surface area contributed by atoms with E-state index in [1.165, 1.54) is 33.1 Å². The van der Waals surface area contributed by atoms with Gasteiger partial charge in [0.25, 0.3) is 0 Å².